The molecule has 0 unspecified atom stereocenters. The Morgan fingerprint density at radius 2 is 2.31 bits per heavy atom. The van der Waals surface area contributed by atoms with E-state index >= 15 is 0 Å². The fraction of sp³-hybridized carbons (Fsp3) is 0.400. The number of aromatic nitrogens is 1. The molecule has 16 heavy (non-hydrogen) atoms. The quantitative estimate of drug-likeness (QED) is 0.803. The summed E-state index contributed by atoms with van der Waals surface area (Å²) in [7, 11) is 0. The molecule has 0 saturated carbocycles. The number of halogens is 1. The Kier molecular flexibility index (Phi) is 2.87. The molecule has 1 saturated heterocycles. The van der Waals surface area contributed by atoms with Crippen molar-refractivity contribution in [1.82, 2.24) is 9.88 Å². The molecule has 2 heterocycles. The van der Waals surface area contributed by atoms with E-state index in [0.717, 1.165) is 5.69 Å². The number of nitrogens with zero attached hydrogens (tertiary/aromatic N) is 2. The highest BCUT2D eigenvalue weighted by molar-refractivity contribution is 6.30. The van der Waals surface area contributed by atoms with Crippen LogP contribution >= 0.6 is 11.6 Å². The molecule has 1 aliphatic heterocycles. The molecule has 0 bridgehead atoms. The fourth-order valence-electron chi connectivity index (χ4n) is 1.45. The predicted molar refractivity (Wildman–Crippen MR) is 58.0 cm³/mol. The molecule has 0 aliphatic carbocycles. The highest BCUT2D eigenvalue weighted by Gasteiger charge is 2.32. The van der Waals surface area contributed by atoms with Crippen LogP contribution in [0.3, 0.4) is 0 Å². The predicted octanol–water partition coefficient (Wildman–Crippen LogP) is 1.78. The van der Waals surface area contributed by atoms with Crippen LogP contribution in [0.2, 0.25) is 5.15 Å². The number of hydrogen-bond acceptors (Lipinski definition) is 3. The summed E-state index contributed by atoms with van der Waals surface area (Å²) in [5.41, 5.74) is 0.818. The third-order valence-electron chi connectivity index (χ3n) is 2.37. The lowest BCUT2D eigenvalue weighted by Crippen LogP contribution is -2.55. The first kappa shape index (κ1) is 11.0. The zero-order chi connectivity index (χ0) is 11.7. The molecular formula is C10H11ClN2O3. The summed E-state index contributed by atoms with van der Waals surface area (Å²) in [4.78, 5) is 15.9. The Morgan fingerprint density at radius 1 is 1.62 bits per heavy atom. The van der Waals surface area contributed by atoms with Gasteiger partial charge in [0.25, 0.3) is 0 Å². The molecule has 1 aromatic rings. The monoisotopic (exact) mass is 242 g/mol. The maximum absolute atomic E-state index is 10.5. The number of likely N-dealkylation sites (tertiary alicyclic amines) is 1. The second kappa shape index (κ2) is 4.17. The Bertz CT molecular complexity index is 419. The first-order valence-corrected chi connectivity index (χ1v) is 5.21. The van der Waals surface area contributed by atoms with Crippen molar-refractivity contribution in [3.05, 3.63) is 23.0 Å². The van der Waals surface area contributed by atoms with Gasteiger partial charge in [-0.15, -0.1) is 0 Å². The van der Waals surface area contributed by atoms with Crippen LogP contribution in [0.25, 0.3) is 0 Å². The summed E-state index contributed by atoms with van der Waals surface area (Å²) in [6, 6.07) is 3.54. The van der Waals surface area contributed by atoms with E-state index in [1.54, 1.807) is 12.1 Å². The number of rotatable bonds is 2. The minimum absolute atomic E-state index is 0.127. The molecular weight excluding hydrogens is 232 g/mol. The average Bonchev–Trinajstić information content (AvgIpc) is 2.12. The molecule has 5 nitrogen and oxygen atoms in total. The van der Waals surface area contributed by atoms with Crippen LogP contribution in [-0.2, 0) is 0 Å². The summed E-state index contributed by atoms with van der Waals surface area (Å²) in [5, 5.41) is 8.95. The zero-order valence-corrected chi connectivity index (χ0v) is 9.44. The van der Waals surface area contributed by atoms with Crippen molar-refractivity contribution in [1.29, 1.82) is 0 Å². The zero-order valence-electron chi connectivity index (χ0n) is 8.68. The van der Waals surface area contributed by atoms with Gasteiger partial charge in [-0.25, -0.2) is 9.78 Å². The highest BCUT2D eigenvalue weighted by atomic mass is 35.5. The van der Waals surface area contributed by atoms with Gasteiger partial charge in [-0.05, 0) is 19.1 Å². The van der Waals surface area contributed by atoms with Crippen molar-refractivity contribution < 1.29 is 14.6 Å². The molecule has 1 amide bonds. The summed E-state index contributed by atoms with van der Waals surface area (Å²) in [5.74, 6) is 0.502. The highest BCUT2D eigenvalue weighted by Crippen LogP contribution is 2.25. The van der Waals surface area contributed by atoms with Gasteiger partial charge in [0.2, 0.25) is 0 Å². The van der Waals surface area contributed by atoms with Crippen LogP contribution in [-0.4, -0.2) is 40.3 Å². The smallest absolute Gasteiger partial charge is 0.407 e. The van der Waals surface area contributed by atoms with Crippen LogP contribution in [0, 0.1) is 6.92 Å². The van der Waals surface area contributed by atoms with E-state index in [4.69, 9.17) is 21.4 Å². The lowest BCUT2D eigenvalue weighted by molar-refractivity contribution is 0.0251. The van der Waals surface area contributed by atoms with Crippen molar-refractivity contribution in [3.8, 4) is 5.75 Å². The van der Waals surface area contributed by atoms with E-state index in [1.165, 1.54) is 4.90 Å². The summed E-state index contributed by atoms with van der Waals surface area (Å²) < 4.78 is 5.52. The molecule has 2 rings (SSSR count). The van der Waals surface area contributed by atoms with Gasteiger partial charge in [0.1, 0.15) is 6.10 Å². The fourth-order valence-corrected chi connectivity index (χ4v) is 1.69. The normalized spacial score (nSPS) is 15.8. The molecule has 1 aliphatic rings. The van der Waals surface area contributed by atoms with Gasteiger partial charge in [-0.1, -0.05) is 11.6 Å². The van der Waals surface area contributed by atoms with Crippen LogP contribution in [0.1, 0.15) is 5.69 Å². The number of hydrogen-bond donors (Lipinski definition) is 1. The van der Waals surface area contributed by atoms with Crippen molar-refractivity contribution in [2.45, 2.75) is 13.0 Å². The second-order valence-corrected chi connectivity index (χ2v) is 4.03. The lowest BCUT2D eigenvalue weighted by Gasteiger charge is -2.36. The van der Waals surface area contributed by atoms with Crippen molar-refractivity contribution in [3.63, 3.8) is 0 Å². The standard InChI is InChI=1S/C10H11ClN2O3/c1-6-2-3-8(9(11)12-6)16-7-4-13(5-7)10(14)15/h2-3,7H,4-5H2,1H3,(H,14,15). The van der Waals surface area contributed by atoms with Crippen LogP contribution in [0.15, 0.2) is 12.1 Å². The molecule has 0 spiro atoms. The van der Waals surface area contributed by atoms with Crippen LogP contribution in [0.5, 0.6) is 5.75 Å². The molecule has 6 heteroatoms. The third kappa shape index (κ3) is 2.19. The lowest BCUT2D eigenvalue weighted by atomic mass is 10.2. The third-order valence-corrected chi connectivity index (χ3v) is 2.64. The summed E-state index contributed by atoms with van der Waals surface area (Å²) >= 11 is 5.89. The maximum Gasteiger partial charge on any atom is 0.407 e. The van der Waals surface area contributed by atoms with Crippen LogP contribution < -0.4 is 4.74 Å². The molecule has 1 aromatic heterocycles. The molecule has 1 N–H and O–H groups in total. The topological polar surface area (TPSA) is 62.7 Å². The molecule has 0 radical (unpaired) electrons. The van der Waals surface area contributed by atoms with Crippen molar-refractivity contribution in [2.75, 3.05) is 13.1 Å². The summed E-state index contributed by atoms with van der Waals surface area (Å²) in [6.45, 7) is 2.59. The van der Waals surface area contributed by atoms with Gasteiger partial charge in [0.05, 0.1) is 13.1 Å². The number of ether oxygens (including phenoxy) is 1. The first-order chi connectivity index (χ1) is 7.56. The van der Waals surface area contributed by atoms with E-state index in [2.05, 4.69) is 4.98 Å². The second-order valence-electron chi connectivity index (χ2n) is 3.67. The minimum Gasteiger partial charge on any atom is -0.483 e. The molecule has 86 valence electrons. The SMILES string of the molecule is Cc1ccc(OC2CN(C(=O)O)C2)c(Cl)n1. The Hall–Kier alpha value is -1.49. The molecule has 0 atom stereocenters. The van der Waals surface area contributed by atoms with E-state index in [0.29, 0.717) is 24.0 Å². The Balaban J connectivity index is 1.94. The molecule has 1 fully saturated rings. The largest absolute Gasteiger partial charge is 0.483 e. The van der Waals surface area contributed by atoms with Gasteiger partial charge >= 0.3 is 6.09 Å². The van der Waals surface area contributed by atoms with E-state index in [9.17, 15) is 4.79 Å². The Labute approximate surface area is 97.6 Å². The number of amides is 1. The summed E-state index contributed by atoms with van der Waals surface area (Å²) in [6.07, 6.45) is -1.05. The van der Waals surface area contributed by atoms with E-state index < -0.39 is 6.09 Å². The van der Waals surface area contributed by atoms with Gasteiger partial charge in [-0.2, -0.15) is 0 Å². The van der Waals surface area contributed by atoms with Gasteiger partial charge in [0.15, 0.2) is 10.9 Å². The van der Waals surface area contributed by atoms with Gasteiger partial charge < -0.3 is 14.7 Å². The van der Waals surface area contributed by atoms with E-state index in [1.807, 2.05) is 6.92 Å². The van der Waals surface area contributed by atoms with Gasteiger partial charge in [-0.3, -0.25) is 0 Å². The first-order valence-electron chi connectivity index (χ1n) is 4.84. The minimum atomic E-state index is -0.923. The average molecular weight is 243 g/mol. The van der Waals surface area contributed by atoms with Crippen molar-refractivity contribution >= 4 is 17.7 Å². The number of pyridine rings is 1. The Morgan fingerprint density at radius 3 is 2.88 bits per heavy atom. The van der Waals surface area contributed by atoms with Gasteiger partial charge in [0, 0.05) is 5.69 Å². The number of carboxylic acid groups (broad SMARTS) is 1. The van der Waals surface area contributed by atoms with Crippen LogP contribution in [0.4, 0.5) is 4.79 Å². The number of carbonyl (C=O) groups is 1. The molecule has 0 aromatic carbocycles. The van der Waals surface area contributed by atoms with Crippen molar-refractivity contribution in [2.24, 2.45) is 0 Å². The maximum atomic E-state index is 10.5. The number of aryl methyl sites for hydroxylation is 1. The van der Waals surface area contributed by atoms with E-state index in [-0.39, 0.29) is 6.10 Å².